The van der Waals surface area contributed by atoms with Crippen LogP contribution >= 0.6 is 15.9 Å². The van der Waals surface area contributed by atoms with Crippen molar-refractivity contribution in [3.8, 4) is 11.5 Å². The second kappa shape index (κ2) is 4.79. The fourth-order valence-electron chi connectivity index (χ4n) is 1.27. The van der Waals surface area contributed by atoms with Crippen LogP contribution in [0.1, 0.15) is 0 Å². The van der Waals surface area contributed by atoms with Crippen LogP contribution in [0.3, 0.4) is 0 Å². The van der Waals surface area contributed by atoms with E-state index >= 15 is 0 Å². The summed E-state index contributed by atoms with van der Waals surface area (Å²) in [5, 5.41) is 0. The molecule has 0 N–H and O–H groups in total. The summed E-state index contributed by atoms with van der Waals surface area (Å²) in [6.07, 6.45) is 0. The molecule has 2 rings (SSSR count). The van der Waals surface area contributed by atoms with Gasteiger partial charge in [0.25, 0.3) is 0 Å². The highest BCUT2D eigenvalue weighted by atomic mass is 79.9. The molecule has 0 aliphatic rings. The number of benzene rings is 2. The Bertz CT molecular complexity index is 537. The first kappa shape index (κ1) is 12.0. The number of halogens is 4. The van der Waals surface area contributed by atoms with Crippen LogP contribution in [0.25, 0.3) is 0 Å². The fourth-order valence-corrected chi connectivity index (χ4v) is 1.61. The van der Waals surface area contributed by atoms with E-state index in [2.05, 4.69) is 15.9 Å². The van der Waals surface area contributed by atoms with Gasteiger partial charge in [0.15, 0.2) is 11.6 Å². The molecule has 0 saturated heterocycles. The molecule has 0 bridgehead atoms. The van der Waals surface area contributed by atoms with E-state index in [1.165, 1.54) is 12.1 Å². The normalized spacial score (nSPS) is 10.4. The SMILES string of the molecule is Fc1cc(F)cc(Oc2ccc(Br)cc2F)c1. The molecule has 17 heavy (non-hydrogen) atoms. The summed E-state index contributed by atoms with van der Waals surface area (Å²) in [6.45, 7) is 0. The lowest BCUT2D eigenvalue weighted by molar-refractivity contribution is 0.434. The summed E-state index contributed by atoms with van der Waals surface area (Å²) in [5.74, 6) is -2.37. The van der Waals surface area contributed by atoms with E-state index in [1.54, 1.807) is 6.07 Å². The van der Waals surface area contributed by atoms with E-state index in [1.807, 2.05) is 0 Å². The topological polar surface area (TPSA) is 9.23 Å². The van der Waals surface area contributed by atoms with Gasteiger partial charge in [-0.2, -0.15) is 0 Å². The molecule has 2 aromatic rings. The first-order valence-electron chi connectivity index (χ1n) is 4.63. The van der Waals surface area contributed by atoms with Crippen molar-refractivity contribution in [2.45, 2.75) is 0 Å². The highest BCUT2D eigenvalue weighted by Gasteiger charge is 2.07. The molecular formula is C12H6BrF3O. The second-order valence-corrected chi connectivity index (χ2v) is 4.20. The third kappa shape index (κ3) is 3.00. The van der Waals surface area contributed by atoms with Crippen molar-refractivity contribution in [2.24, 2.45) is 0 Å². The molecule has 2 aromatic carbocycles. The molecule has 0 radical (unpaired) electrons. The molecule has 0 heterocycles. The van der Waals surface area contributed by atoms with Crippen molar-refractivity contribution in [1.29, 1.82) is 0 Å². The van der Waals surface area contributed by atoms with Gasteiger partial charge in [0.1, 0.15) is 17.4 Å². The van der Waals surface area contributed by atoms with Gasteiger partial charge in [-0.3, -0.25) is 0 Å². The lowest BCUT2D eigenvalue weighted by atomic mass is 10.3. The number of hydrogen-bond donors (Lipinski definition) is 0. The standard InChI is InChI=1S/C12H6BrF3O/c13-7-1-2-12(11(16)3-7)17-10-5-8(14)4-9(15)6-10/h1-6H. The van der Waals surface area contributed by atoms with Gasteiger partial charge in [-0.05, 0) is 18.2 Å². The Balaban J connectivity index is 2.31. The van der Waals surface area contributed by atoms with Gasteiger partial charge in [-0.1, -0.05) is 15.9 Å². The summed E-state index contributed by atoms with van der Waals surface area (Å²) < 4.78 is 44.7. The summed E-state index contributed by atoms with van der Waals surface area (Å²) in [7, 11) is 0. The molecular weight excluding hydrogens is 297 g/mol. The van der Waals surface area contributed by atoms with Crippen LogP contribution in [0.4, 0.5) is 13.2 Å². The van der Waals surface area contributed by atoms with E-state index in [0.29, 0.717) is 10.5 Å². The Morgan fingerprint density at radius 2 is 1.53 bits per heavy atom. The maximum atomic E-state index is 13.4. The number of rotatable bonds is 2. The van der Waals surface area contributed by atoms with Crippen LogP contribution in [0, 0.1) is 17.5 Å². The largest absolute Gasteiger partial charge is 0.454 e. The Morgan fingerprint density at radius 3 is 2.12 bits per heavy atom. The molecule has 0 amide bonds. The van der Waals surface area contributed by atoms with E-state index < -0.39 is 17.5 Å². The zero-order valence-electron chi connectivity index (χ0n) is 8.38. The highest BCUT2D eigenvalue weighted by molar-refractivity contribution is 9.10. The van der Waals surface area contributed by atoms with Crippen molar-refractivity contribution in [3.63, 3.8) is 0 Å². The first-order valence-corrected chi connectivity index (χ1v) is 5.43. The Labute approximate surface area is 104 Å². The lowest BCUT2D eigenvalue weighted by Crippen LogP contribution is -1.90. The minimum Gasteiger partial charge on any atom is -0.454 e. The minimum atomic E-state index is -0.780. The van der Waals surface area contributed by atoms with Crippen molar-refractivity contribution in [3.05, 3.63) is 58.3 Å². The van der Waals surface area contributed by atoms with E-state index in [4.69, 9.17) is 4.74 Å². The first-order chi connectivity index (χ1) is 8.04. The van der Waals surface area contributed by atoms with Gasteiger partial charge >= 0.3 is 0 Å². The summed E-state index contributed by atoms with van der Waals surface area (Å²) >= 11 is 3.09. The average Bonchev–Trinajstić information content (AvgIpc) is 2.21. The van der Waals surface area contributed by atoms with Crippen LogP contribution in [-0.2, 0) is 0 Å². The maximum Gasteiger partial charge on any atom is 0.166 e. The van der Waals surface area contributed by atoms with E-state index in [-0.39, 0.29) is 11.5 Å². The van der Waals surface area contributed by atoms with Crippen molar-refractivity contribution >= 4 is 15.9 Å². The minimum absolute atomic E-state index is 0.0938. The zero-order chi connectivity index (χ0) is 12.4. The average molecular weight is 303 g/mol. The Morgan fingerprint density at radius 1 is 0.882 bits per heavy atom. The molecule has 0 spiro atoms. The van der Waals surface area contributed by atoms with Crippen LogP contribution in [-0.4, -0.2) is 0 Å². The second-order valence-electron chi connectivity index (χ2n) is 3.28. The molecule has 0 fully saturated rings. The van der Waals surface area contributed by atoms with Gasteiger partial charge in [-0.25, -0.2) is 13.2 Å². The maximum absolute atomic E-state index is 13.4. The molecule has 1 nitrogen and oxygen atoms in total. The van der Waals surface area contributed by atoms with Crippen molar-refractivity contribution in [1.82, 2.24) is 0 Å². The van der Waals surface area contributed by atoms with Gasteiger partial charge < -0.3 is 4.74 Å². The summed E-state index contributed by atoms with van der Waals surface area (Å²) in [4.78, 5) is 0. The highest BCUT2D eigenvalue weighted by Crippen LogP contribution is 2.27. The van der Waals surface area contributed by atoms with Crippen molar-refractivity contribution in [2.75, 3.05) is 0 Å². The molecule has 0 atom stereocenters. The van der Waals surface area contributed by atoms with Gasteiger partial charge in [0, 0.05) is 22.7 Å². The van der Waals surface area contributed by atoms with Crippen LogP contribution < -0.4 is 4.74 Å². The molecule has 0 aliphatic carbocycles. The Kier molecular flexibility index (Phi) is 3.38. The lowest BCUT2D eigenvalue weighted by Gasteiger charge is -2.07. The third-order valence-electron chi connectivity index (χ3n) is 1.96. The smallest absolute Gasteiger partial charge is 0.166 e. The quantitative estimate of drug-likeness (QED) is 0.784. The Hall–Kier alpha value is -1.49. The number of hydrogen-bond acceptors (Lipinski definition) is 1. The third-order valence-corrected chi connectivity index (χ3v) is 2.45. The number of ether oxygens (including phenoxy) is 1. The van der Waals surface area contributed by atoms with Gasteiger partial charge in [-0.15, -0.1) is 0 Å². The van der Waals surface area contributed by atoms with Crippen LogP contribution in [0.15, 0.2) is 40.9 Å². The fraction of sp³-hybridized carbons (Fsp3) is 0. The molecule has 0 aromatic heterocycles. The molecule has 0 saturated carbocycles. The van der Waals surface area contributed by atoms with E-state index in [9.17, 15) is 13.2 Å². The van der Waals surface area contributed by atoms with Crippen LogP contribution in [0.2, 0.25) is 0 Å². The molecule has 5 heteroatoms. The van der Waals surface area contributed by atoms with Gasteiger partial charge in [0.05, 0.1) is 0 Å². The molecule has 88 valence electrons. The van der Waals surface area contributed by atoms with E-state index in [0.717, 1.165) is 12.1 Å². The molecule has 0 aliphatic heterocycles. The molecule has 0 unspecified atom stereocenters. The zero-order valence-corrected chi connectivity index (χ0v) is 9.97. The predicted octanol–water partition coefficient (Wildman–Crippen LogP) is 4.66. The predicted molar refractivity (Wildman–Crippen MR) is 60.5 cm³/mol. The van der Waals surface area contributed by atoms with Crippen molar-refractivity contribution < 1.29 is 17.9 Å². The summed E-state index contributed by atoms with van der Waals surface area (Å²) in [6, 6.07) is 6.79. The van der Waals surface area contributed by atoms with Gasteiger partial charge in [0.2, 0.25) is 0 Å². The monoisotopic (exact) mass is 302 g/mol. The summed E-state index contributed by atoms with van der Waals surface area (Å²) in [5.41, 5.74) is 0. The van der Waals surface area contributed by atoms with Crippen LogP contribution in [0.5, 0.6) is 11.5 Å².